The largest absolute Gasteiger partial charge is 0.385 e. The first-order valence-corrected chi connectivity index (χ1v) is 10.4. The lowest BCUT2D eigenvalue weighted by molar-refractivity contribution is -0.126. The van der Waals surface area contributed by atoms with Crippen LogP contribution in [0.15, 0.2) is 0 Å². The van der Waals surface area contributed by atoms with Crippen molar-refractivity contribution in [2.45, 2.75) is 51.4 Å². The van der Waals surface area contributed by atoms with E-state index in [1.165, 1.54) is 0 Å². The summed E-state index contributed by atoms with van der Waals surface area (Å²) in [6.45, 7) is 4.35. The molecule has 28 heavy (non-hydrogen) atoms. The fourth-order valence-corrected chi connectivity index (χ4v) is 2.36. The molecule has 0 heterocycles. The summed E-state index contributed by atoms with van der Waals surface area (Å²) >= 11 is 0. The third-order valence-electron chi connectivity index (χ3n) is 4.02. The smallest absolute Gasteiger partial charge is 0.246 e. The maximum atomic E-state index is 11.6. The molecule has 0 bridgehead atoms. The van der Waals surface area contributed by atoms with Crippen molar-refractivity contribution in [3.8, 4) is 0 Å². The van der Waals surface area contributed by atoms with Crippen molar-refractivity contribution in [1.82, 2.24) is 10.6 Å². The molecule has 0 aliphatic heterocycles. The Balaban J connectivity index is 3.17. The van der Waals surface area contributed by atoms with Crippen LogP contribution in [-0.2, 0) is 28.5 Å². The molecule has 0 aliphatic rings. The quantitative estimate of drug-likeness (QED) is 0.283. The highest BCUT2D eigenvalue weighted by atomic mass is 16.5. The zero-order valence-corrected chi connectivity index (χ0v) is 17.8. The first kappa shape index (κ1) is 26.8. The van der Waals surface area contributed by atoms with Crippen LogP contribution in [0.2, 0.25) is 0 Å². The number of hydrogen-bond acceptors (Lipinski definition) is 6. The summed E-state index contributed by atoms with van der Waals surface area (Å²) in [5, 5.41) is 5.34. The van der Waals surface area contributed by atoms with E-state index in [1.807, 2.05) is 0 Å². The van der Waals surface area contributed by atoms with Crippen LogP contribution in [-0.4, -0.2) is 78.8 Å². The second kappa shape index (κ2) is 22.1. The number of nitrogens with one attached hydrogen (secondary N) is 2. The minimum atomic E-state index is -0.100. The van der Waals surface area contributed by atoms with E-state index >= 15 is 0 Å². The first-order chi connectivity index (χ1) is 13.7. The van der Waals surface area contributed by atoms with Gasteiger partial charge in [-0.15, -0.1) is 0 Å². The molecule has 0 saturated carbocycles. The summed E-state index contributed by atoms with van der Waals surface area (Å²) in [5.74, 6) is -0.0994. The number of hydrogen-bond donors (Lipinski definition) is 2. The maximum absolute atomic E-state index is 11.6. The van der Waals surface area contributed by atoms with E-state index in [0.717, 1.165) is 51.6 Å². The van der Waals surface area contributed by atoms with Crippen molar-refractivity contribution in [3.05, 3.63) is 0 Å². The topological polar surface area (TPSA) is 95.1 Å². The van der Waals surface area contributed by atoms with Crippen molar-refractivity contribution in [1.29, 1.82) is 0 Å². The molecule has 2 N–H and O–H groups in total. The standard InChI is InChI=1S/C20H40N2O6/c1-21-19(23)10-16-26-13-8-5-9-14-27-17-11-22-20(24)18-28-15-7-4-3-6-12-25-2/h3-18H2,1-2H3,(H,21,23)(H,22,24). The number of amides is 2. The molecule has 0 aromatic rings. The Kier molecular flexibility index (Phi) is 21.1. The van der Waals surface area contributed by atoms with Crippen LogP contribution in [0.3, 0.4) is 0 Å². The third kappa shape index (κ3) is 21.1. The van der Waals surface area contributed by atoms with Gasteiger partial charge >= 0.3 is 0 Å². The normalized spacial score (nSPS) is 10.8. The van der Waals surface area contributed by atoms with Gasteiger partial charge < -0.3 is 29.6 Å². The Labute approximate surface area is 170 Å². The molecule has 0 fully saturated rings. The van der Waals surface area contributed by atoms with Gasteiger partial charge in [0, 0.05) is 53.6 Å². The number of unbranched alkanes of at least 4 members (excludes halogenated alkanes) is 5. The van der Waals surface area contributed by atoms with Gasteiger partial charge in [0.1, 0.15) is 6.61 Å². The van der Waals surface area contributed by atoms with E-state index in [2.05, 4.69) is 10.6 Å². The Morgan fingerprint density at radius 1 is 0.679 bits per heavy atom. The summed E-state index contributed by atoms with van der Waals surface area (Å²) in [6, 6.07) is 0. The fraction of sp³-hybridized carbons (Fsp3) is 0.900. The van der Waals surface area contributed by atoms with Crippen LogP contribution in [0.25, 0.3) is 0 Å². The first-order valence-electron chi connectivity index (χ1n) is 10.4. The molecule has 166 valence electrons. The molecule has 0 aromatic carbocycles. The summed E-state index contributed by atoms with van der Waals surface area (Å²) in [4.78, 5) is 22.6. The van der Waals surface area contributed by atoms with Crippen molar-refractivity contribution in [2.75, 3.05) is 67.0 Å². The van der Waals surface area contributed by atoms with E-state index in [4.69, 9.17) is 18.9 Å². The molecular formula is C20H40N2O6. The summed E-state index contributed by atoms with van der Waals surface area (Å²) in [5.41, 5.74) is 0. The second-order valence-corrected chi connectivity index (χ2v) is 6.52. The average molecular weight is 405 g/mol. The molecule has 0 aliphatic carbocycles. The molecule has 0 spiro atoms. The van der Waals surface area contributed by atoms with Crippen molar-refractivity contribution in [3.63, 3.8) is 0 Å². The second-order valence-electron chi connectivity index (χ2n) is 6.52. The van der Waals surface area contributed by atoms with E-state index in [9.17, 15) is 9.59 Å². The van der Waals surface area contributed by atoms with E-state index < -0.39 is 0 Å². The average Bonchev–Trinajstić information content (AvgIpc) is 2.70. The number of carbonyl (C=O) groups excluding carboxylic acids is 2. The van der Waals surface area contributed by atoms with Gasteiger partial charge in [0.05, 0.1) is 13.2 Å². The van der Waals surface area contributed by atoms with Crippen LogP contribution < -0.4 is 10.6 Å². The van der Waals surface area contributed by atoms with Crippen LogP contribution in [0.1, 0.15) is 51.4 Å². The highest BCUT2D eigenvalue weighted by molar-refractivity contribution is 5.77. The van der Waals surface area contributed by atoms with Gasteiger partial charge in [0.25, 0.3) is 0 Å². The molecule has 0 radical (unpaired) electrons. The van der Waals surface area contributed by atoms with E-state index in [-0.39, 0.29) is 18.4 Å². The third-order valence-corrected chi connectivity index (χ3v) is 4.02. The van der Waals surface area contributed by atoms with Crippen LogP contribution in [0.5, 0.6) is 0 Å². The van der Waals surface area contributed by atoms with Gasteiger partial charge in [0.2, 0.25) is 11.8 Å². The molecular weight excluding hydrogens is 364 g/mol. The van der Waals surface area contributed by atoms with Gasteiger partial charge in [-0.05, 0) is 32.1 Å². The zero-order chi connectivity index (χ0) is 20.7. The fourth-order valence-electron chi connectivity index (χ4n) is 2.36. The van der Waals surface area contributed by atoms with Gasteiger partial charge in [-0.2, -0.15) is 0 Å². The highest BCUT2D eigenvalue weighted by Gasteiger charge is 2.01. The molecule has 0 unspecified atom stereocenters. The minimum absolute atomic E-state index is 0.000718. The van der Waals surface area contributed by atoms with Crippen molar-refractivity contribution >= 4 is 11.8 Å². The summed E-state index contributed by atoms with van der Waals surface area (Å²) in [6.07, 6.45) is 7.62. The lowest BCUT2D eigenvalue weighted by Gasteiger charge is -2.08. The SMILES string of the molecule is CNC(=O)CCOCCCCCOCCNC(=O)COCCCCCCOC. The molecule has 0 aromatic heterocycles. The predicted octanol–water partition coefficient (Wildman–Crippen LogP) is 1.67. The predicted molar refractivity (Wildman–Crippen MR) is 108 cm³/mol. The lowest BCUT2D eigenvalue weighted by Crippen LogP contribution is -2.30. The minimum Gasteiger partial charge on any atom is -0.385 e. The molecule has 8 nitrogen and oxygen atoms in total. The van der Waals surface area contributed by atoms with Gasteiger partial charge in [0.15, 0.2) is 0 Å². The molecule has 0 saturated heterocycles. The number of carbonyl (C=O) groups is 2. The number of ether oxygens (including phenoxy) is 4. The van der Waals surface area contributed by atoms with Crippen LogP contribution >= 0.6 is 0 Å². The Hall–Kier alpha value is -1.22. The monoisotopic (exact) mass is 404 g/mol. The van der Waals surface area contributed by atoms with E-state index in [1.54, 1.807) is 14.2 Å². The van der Waals surface area contributed by atoms with Gasteiger partial charge in [-0.3, -0.25) is 9.59 Å². The Bertz CT molecular complexity index is 369. The highest BCUT2D eigenvalue weighted by Crippen LogP contribution is 2.00. The van der Waals surface area contributed by atoms with E-state index in [0.29, 0.717) is 46.0 Å². The molecule has 0 rings (SSSR count). The molecule has 2 amide bonds. The number of rotatable bonds is 21. The van der Waals surface area contributed by atoms with Crippen molar-refractivity contribution in [2.24, 2.45) is 0 Å². The Morgan fingerprint density at radius 2 is 1.25 bits per heavy atom. The number of methoxy groups -OCH3 is 1. The maximum Gasteiger partial charge on any atom is 0.246 e. The molecule has 8 heteroatoms. The molecule has 0 atom stereocenters. The summed E-state index contributed by atoms with van der Waals surface area (Å²) < 4.78 is 21.2. The van der Waals surface area contributed by atoms with Gasteiger partial charge in [-0.25, -0.2) is 0 Å². The van der Waals surface area contributed by atoms with Gasteiger partial charge in [-0.1, -0.05) is 12.8 Å². The van der Waals surface area contributed by atoms with Crippen LogP contribution in [0, 0.1) is 0 Å². The summed E-state index contributed by atoms with van der Waals surface area (Å²) in [7, 11) is 3.33. The Morgan fingerprint density at radius 3 is 1.89 bits per heavy atom. The van der Waals surface area contributed by atoms with Crippen LogP contribution in [0.4, 0.5) is 0 Å². The van der Waals surface area contributed by atoms with Crippen molar-refractivity contribution < 1.29 is 28.5 Å². The lowest BCUT2D eigenvalue weighted by atomic mass is 10.2. The zero-order valence-electron chi connectivity index (χ0n) is 17.8.